The van der Waals surface area contributed by atoms with E-state index < -0.39 is 15.6 Å². The Kier molecular flexibility index (Phi) is 2.73. The van der Waals surface area contributed by atoms with Gasteiger partial charge in [0.25, 0.3) is 0 Å². The lowest BCUT2D eigenvalue weighted by atomic mass is 9.93. The molecule has 2 heterocycles. The number of hydrogen-bond acceptors (Lipinski definition) is 3. The first-order valence-corrected chi connectivity index (χ1v) is 6.93. The monoisotopic (exact) mass is 270 g/mol. The molecule has 0 radical (unpaired) electrons. The van der Waals surface area contributed by atoms with Crippen LogP contribution in [0.1, 0.15) is 32.0 Å². The van der Waals surface area contributed by atoms with Gasteiger partial charge in [0.15, 0.2) is 5.03 Å². The molecule has 2 rings (SSSR count). The molecule has 98 valence electrons. The van der Waals surface area contributed by atoms with Crippen LogP contribution in [0.4, 0.5) is 3.89 Å². The fourth-order valence-electron chi connectivity index (χ4n) is 1.90. The van der Waals surface area contributed by atoms with Crippen molar-refractivity contribution in [2.75, 3.05) is 0 Å². The summed E-state index contributed by atoms with van der Waals surface area (Å²) < 4.78 is 37.5. The Morgan fingerprint density at radius 1 is 1.33 bits per heavy atom. The smallest absolute Gasteiger partial charge is 0.288 e. The molecule has 0 bridgehead atoms. The Labute approximate surface area is 106 Å². The molecule has 0 aliphatic heterocycles. The number of hydrogen-bond donors (Lipinski definition) is 0. The van der Waals surface area contributed by atoms with Crippen molar-refractivity contribution in [3.8, 4) is 0 Å². The van der Waals surface area contributed by atoms with Gasteiger partial charge in [0.05, 0.1) is 5.69 Å². The fraction of sp³-hybridized carbons (Fsp3) is 0.417. The van der Waals surface area contributed by atoms with Gasteiger partial charge in [0.1, 0.15) is 5.65 Å². The molecule has 2 aromatic heterocycles. The highest BCUT2D eigenvalue weighted by Gasteiger charge is 2.31. The maximum Gasteiger partial charge on any atom is 0.350 e. The van der Waals surface area contributed by atoms with Gasteiger partial charge in [0.2, 0.25) is 0 Å². The molecule has 0 amide bonds. The number of aryl methyl sites for hydroxylation is 1. The van der Waals surface area contributed by atoms with Gasteiger partial charge in [-0.1, -0.05) is 30.7 Å². The van der Waals surface area contributed by atoms with Gasteiger partial charge in [-0.15, -0.1) is 0 Å². The van der Waals surface area contributed by atoms with Gasteiger partial charge in [-0.25, -0.2) is 4.98 Å². The van der Waals surface area contributed by atoms with Crippen molar-refractivity contribution < 1.29 is 12.3 Å². The number of aromatic nitrogens is 2. The average molecular weight is 270 g/mol. The third-order valence-electron chi connectivity index (χ3n) is 2.74. The van der Waals surface area contributed by atoms with Crippen molar-refractivity contribution in [3.63, 3.8) is 0 Å². The number of pyridine rings is 1. The molecule has 0 atom stereocenters. The molecule has 4 nitrogen and oxygen atoms in total. The Morgan fingerprint density at radius 3 is 2.44 bits per heavy atom. The van der Waals surface area contributed by atoms with E-state index in [9.17, 15) is 12.3 Å². The second-order valence-corrected chi connectivity index (χ2v) is 6.60. The van der Waals surface area contributed by atoms with Gasteiger partial charge in [-0.2, -0.15) is 8.42 Å². The molecule has 0 aromatic carbocycles. The summed E-state index contributed by atoms with van der Waals surface area (Å²) >= 11 is 0. The number of rotatable bonds is 1. The Bertz CT molecular complexity index is 711. The van der Waals surface area contributed by atoms with E-state index in [1.165, 1.54) is 10.6 Å². The van der Waals surface area contributed by atoms with Crippen LogP contribution in [0.15, 0.2) is 23.4 Å². The zero-order valence-corrected chi connectivity index (χ0v) is 11.5. The van der Waals surface area contributed by atoms with E-state index in [0.717, 1.165) is 5.56 Å². The van der Waals surface area contributed by atoms with Crippen LogP contribution >= 0.6 is 0 Å². The summed E-state index contributed by atoms with van der Waals surface area (Å²) in [5, 5.41) is -0.367. The maximum atomic E-state index is 13.5. The van der Waals surface area contributed by atoms with Gasteiger partial charge in [0, 0.05) is 11.6 Å². The third kappa shape index (κ3) is 2.01. The van der Waals surface area contributed by atoms with Crippen LogP contribution in [-0.2, 0) is 15.6 Å². The van der Waals surface area contributed by atoms with Crippen molar-refractivity contribution >= 4 is 15.9 Å². The number of nitrogens with zero attached hydrogens (tertiary/aromatic N) is 2. The van der Waals surface area contributed by atoms with Crippen molar-refractivity contribution in [1.29, 1.82) is 0 Å². The maximum absolute atomic E-state index is 13.5. The Morgan fingerprint density at radius 2 is 1.94 bits per heavy atom. The SMILES string of the molecule is Cc1cccn2c(S(=O)(=O)F)c(C(C)(C)C)nc12. The van der Waals surface area contributed by atoms with Crippen molar-refractivity contribution in [1.82, 2.24) is 9.38 Å². The molecular formula is C12H15FN2O2S. The van der Waals surface area contributed by atoms with Crippen LogP contribution in [0.3, 0.4) is 0 Å². The Hall–Kier alpha value is -1.43. The second kappa shape index (κ2) is 3.78. The lowest BCUT2D eigenvalue weighted by Crippen LogP contribution is -2.16. The first-order chi connectivity index (χ1) is 8.12. The van der Waals surface area contributed by atoms with Crippen LogP contribution in [-0.4, -0.2) is 17.8 Å². The van der Waals surface area contributed by atoms with E-state index in [1.807, 2.05) is 13.0 Å². The number of halogens is 1. The largest absolute Gasteiger partial charge is 0.350 e. The van der Waals surface area contributed by atoms with E-state index in [4.69, 9.17) is 0 Å². The van der Waals surface area contributed by atoms with Crippen molar-refractivity contribution in [2.45, 2.75) is 38.1 Å². The molecule has 0 saturated carbocycles. The van der Waals surface area contributed by atoms with E-state index in [0.29, 0.717) is 5.65 Å². The summed E-state index contributed by atoms with van der Waals surface area (Å²) in [6.07, 6.45) is 1.51. The minimum Gasteiger partial charge on any atom is -0.288 e. The summed E-state index contributed by atoms with van der Waals surface area (Å²) in [4.78, 5) is 4.29. The van der Waals surface area contributed by atoms with Gasteiger partial charge < -0.3 is 0 Å². The van der Waals surface area contributed by atoms with Crippen molar-refractivity contribution in [2.24, 2.45) is 0 Å². The van der Waals surface area contributed by atoms with Crippen LogP contribution in [0.5, 0.6) is 0 Å². The first-order valence-electron chi connectivity index (χ1n) is 5.55. The summed E-state index contributed by atoms with van der Waals surface area (Å²) in [5.74, 6) is 0. The van der Waals surface area contributed by atoms with Gasteiger partial charge >= 0.3 is 10.2 Å². The predicted molar refractivity (Wildman–Crippen MR) is 66.9 cm³/mol. The van der Waals surface area contributed by atoms with Gasteiger partial charge in [-0.05, 0) is 18.6 Å². The molecule has 6 heteroatoms. The van der Waals surface area contributed by atoms with Crippen LogP contribution in [0.25, 0.3) is 5.65 Å². The highest BCUT2D eigenvalue weighted by atomic mass is 32.3. The molecule has 18 heavy (non-hydrogen) atoms. The lowest BCUT2D eigenvalue weighted by Gasteiger charge is -2.15. The van der Waals surface area contributed by atoms with Crippen LogP contribution in [0, 0.1) is 6.92 Å². The van der Waals surface area contributed by atoms with E-state index in [1.54, 1.807) is 26.8 Å². The predicted octanol–water partition coefficient (Wildman–Crippen LogP) is 2.60. The van der Waals surface area contributed by atoms with Crippen LogP contribution in [0.2, 0.25) is 0 Å². The molecule has 0 aliphatic carbocycles. The second-order valence-electron chi connectivity index (χ2n) is 5.34. The topological polar surface area (TPSA) is 51.4 Å². The lowest BCUT2D eigenvalue weighted by molar-refractivity contribution is 0.521. The summed E-state index contributed by atoms with van der Waals surface area (Å²) in [7, 11) is -4.82. The number of imidazole rings is 1. The highest BCUT2D eigenvalue weighted by molar-refractivity contribution is 7.86. The minimum atomic E-state index is -4.82. The molecule has 0 fully saturated rings. The summed E-state index contributed by atoms with van der Waals surface area (Å²) in [6.45, 7) is 7.22. The molecule has 0 unspecified atom stereocenters. The van der Waals surface area contributed by atoms with E-state index in [2.05, 4.69) is 4.98 Å². The molecular weight excluding hydrogens is 255 g/mol. The van der Waals surface area contributed by atoms with Crippen LogP contribution < -0.4 is 0 Å². The van der Waals surface area contributed by atoms with E-state index in [-0.39, 0.29) is 10.7 Å². The molecule has 0 N–H and O–H groups in total. The third-order valence-corrected chi connectivity index (χ3v) is 3.59. The van der Waals surface area contributed by atoms with Gasteiger partial charge in [-0.3, -0.25) is 4.40 Å². The standard InChI is InChI=1S/C12H15FN2O2S/c1-8-6-5-7-15-10(8)14-9(12(2,3)4)11(15)18(13,16)17/h5-7H,1-4H3. The Balaban J connectivity index is 3.00. The zero-order valence-electron chi connectivity index (χ0n) is 10.7. The fourth-order valence-corrected chi connectivity index (χ4v) is 2.87. The average Bonchev–Trinajstić information content (AvgIpc) is 2.56. The highest BCUT2D eigenvalue weighted by Crippen LogP contribution is 2.31. The minimum absolute atomic E-state index is 0.249. The first kappa shape index (κ1) is 13.0. The zero-order chi connectivity index (χ0) is 13.7. The molecule has 0 spiro atoms. The summed E-state index contributed by atoms with van der Waals surface area (Å²) in [5.41, 5.74) is 0.975. The summed E-state index contributed by atoms with van der Waals surface area (Å²) in [6, 6.07) is 3.48. The molecule has 0 saturated heterocycles. The normalized spacial score (nSPS) is 13.2. The molecule has 2 aromatic rings. The quantitative estimate of drug-likeness (QED) is 0.748. The number of fused-ring (bicyclic) bond motifs is 1. The van der Waals surface area contributed by atoms with Crippen molar-refractivity contribution in [3.05, 3.63) is 29.6 Å². The molecule has 0 aliphatic rings. The van der Waals surface area contributed by atoms with E-state index >= 15 is 0 Å².